The minimum Gasteiger partial charge on any atom is -0.493 e. The molecule has 0 saturated carbocycles. The summed E-state index contributed by atoms with van der Waals surface area (Å²) in [6.07, 6.45) is 1.66. The molecule has 2 N–H and O–H groups in total. The Morgan fingerprint density at radius 1 is 1.37 bits per heavy atom. The molecular formula is C13H15Cl2N3O. The van der Waals surface area contributed by atoms with Crippen LogP contribution in [0.2, 0.25) is 10.0 Å². The minimum atomic E-state index is -0.368. The Hall–Kier alpha value is -1.23. The van der Waals surface area contributed by atoms with Crippen LogP contribution < -0.4 is 10.5 Å². The van der Waals surface area contributed by atoms with Gasteiger partial charge in [0.25, 0.3) is 0 Å². The molecule has 0 radical (unpaired) electrons. The number of nitrogens with two attached hydrogens (primary N) is 1. The van der Waals surface area contributed by atoms with E-state index in [1.165, 1.54) is 0 Å². The Balaban J connectivity index is 2.45. The number of aryl methyl sites for hydroxylation is 1. The number of hydrogen-bond acceptors (Lipinski definition) is 3. The Morgan fingerprint density at radius 2 is 2.11 bits per heavy atom. The zero-order chi connectivity index (χ0) is 14.0. The number of methoxy groups -OCH3 is 1. The van der Waals surface area contributed by atoms with Gasteiger partial charge in [0.1, 0.15) is 5.69 Å². The van der Waals surface area contributed by atoms with Gasteiger partial charge < -0.3 is 10.5 Å². The van der Waals surface area contributed by atoms with Gasteiger partial charge >= 0.3 is 0 Å². The molecule has 0 amide bonds. The van der Waals surface area contributed by atoms with E-state index in [1.807, 2.05) is 17.7 Å². The SMILES string of the molecule is CCn1ncc(OC)c1C(N)c1ccc(Cl)c(Cl)c1. The van der Waals surface area contributed by atoms with E-state index < -0.39 is 0 Å². The first-order valence-corrected chi connectivity index (χ1v) is 6.64. The van der Waals surface area contributed by atoms with Crippen molar-refractivity contribution >= 4 is 23.2 Å². The number of benzene rings is 1. The molecule has 4 nitrogen and oxygen atoms in total. The Bertz CT molecular complexity index is 562. The van der Waals surface area contributed by atoms with Crippen molar-refractivity contribution in [3.05, 3.63) is 45.7 Å². The fourth-order valence-electron chi connectivity index (χ4n) is 1.96. The van der Waals surface area contributed by atoms with E-state index >= 15 is 0 Å². The second kappa shape index (κ2) is 5.82. The molecule has 2 aromatic rings. The van der Waals surface area contributed by atoms with E-state index in [4.69, 9.17) is 33.7 Å². The number of hydrogen-bond donors (Lipinski definition) is 1. The molecule has 1 aromatic heterocycles. The summed E-state index contributed by atoms with van der Waals surface area (Å²) < 4.78 is 7.11. The number of nitrogens with zero attached hydrogens (tertiary/aromatic N) is 2. The maximum Gasteiger partial charge on any atom is 0.161 e. The van der Waals surface area contributed by atoms with Gasteiger partial charge in [-0.05, 0) is 24.6 Å². The first kappa shape index (κ1) is 14.2. The van der Waals surface area contributed by atoms with E-state index in [2.05, 4.69) is 5.10 Å². The van der Waals surface area contributed by atoms with Crippen LogP contribution in [-0.2, 0) is 6.54 Å². The fourth-order valence-corrected chi connectivity index (χ4v) is 2.27. The molecule has 0 aliphatic carbocycles. The molecule has 0 aliphatic heterocycles. The van der Waals surface area contributed by atoms with E-state index in [-0.39, 0.29) is 6.04 Å². The third-order valence-corrected chi connectivity index (χ3v) is 3.70. The molecule has 2 rings (SSSR count). The lowest BCUT2D eigenvalue weighted by molar-refractivity contribution is 0.404. The molecular weight excluding hydrogens is 285 g/mol. The zero-order valence-electron chi connectivity index (χ0n) is 10.7. The van der Waals surface area contributed by atoms with Crippen molar-refractivity contribution in [1.29, 1.82) is 0 Å². The highest BCUT2D eigenvalue weighted by atomic mass is 35.5. The van der Waals surface area contributed by atoms with Gasteiger partial charge in [-0.1, -0.05) is 29.3 Å². The molecule has 19 heavy (non-hydrogen) atoms. The highest BCUT2D eigenvalue weighted by Gasteiger charge is 2.20. The van der Waals surface area contributed by atoms with Gasteiger partial charge in [-0.2, -0.15) is 5.10 Å². The number of ether oxygens (including phenoxy) is 1. The third-order valence-electron chi connectivity index (χ3n) is 2.96. The summed E-state index contributed by atoms with van der Waals surface area (Å²) in [6.45, 7) is 2.71. The van der Waals surface area contributed by atoms with Crippen molar-refractivity contribution in [3.8, 4) is 5.75 Å². The average molecular weight is 300 g/mol. The molecule has 0 bridgehead atoms. The van der Waals surface area contributed by atoms with Gasteiger partial charge in [-0.15, -0.1) is 0 Å². The predicted molar refractivity (Wildman–Crippen MR) is 76.9 cm³/mol. The molecule has 0 saturated heterocycles. The molecule has 1 atom stereocenters. The van der Waals surface area contributed by atoms with Crippen molar-refractivity contribution in [2.75, 3.05) is 7.11 Å². The molecule has 0 fully saturated rings. The van der Waals surface area contributed by atoms with Crippen LogP contribution in [0.15, 0.2) is 24.4 Å². The molecule has 1 unspecified atom stereocenters. The summed E-state index contributed by atoms with van der Waals surface area (Å²) in [7, 11) is 1.60. The van der Waals surface area contributed by atoms with Crippen molar-refractivity contribution in [3.63, 3.8) is 0 Å². The van der Waals surface area contributed by atoms with Crippen LogP contribution in [-0.4, -0.2) is 16.9 Å². The van der Waals surface area contributed by atoms with E-state index in [0.717, 1.165) is 11.3 Å². The summed E-state index contributed by atoms with van der Waals surface area (Å²) in [4.78, 5) is 0. The standard InChI is InChI=1S/C13H15Cl2N3O/c1-3-18-13(11(19-2)7-17-18)12(16)8-4-5-9(14)10(15)6-8/h4-7,12H,3,16H2,1-2H3. The van der Waals surface area contributed by atoms with Gasteiger partial charge in [0.2, 0.25) is 0 Å². The largest absolute Gasteiger partial charge is 0.493 e. The first-order chi connectivity index (χ1) is 9.08. The van der Waals surface area contributed by atoms with Crippen LogP contribution >= 0.6 is 23.2 Å². The summed E-state index contributed by atoms with van der Waals surface area (Å²) in [5, 5.41) is 5.24. The lowest BCUT2D eigenvalue weighted by Gasteiger charge is -2.16. The van der Waals surface area contributed by atoms with Crippen molar-refractivity contribution in [2.24, 2.45) is 5.73 Å². The number of rotatable bonds is 4. The average Bonchev–Trinajstić information content (AvgIpc) is 2.83. The van der Waals surface area contributed by atoms with E-state index in [1.54, 1.807) is 25.4 Å². The Kier molecular flexibility index (Phi) is 4.34. The maximum absolute atomic E-state index is 6.29. The summed E-state index contributed by atoms with van der Waals surface area (Å²) in [5.41, 5.74) is 7.98. The quantitative estimate of drug-likeness (QED) is 0.943. The van der Waals surface area contributed by atoms with E-state index in [0.29, 0.717) is 22.3 Å². The molecule has 0 aliphatic rings. The molecule has 0 spiro atoms. The van der Waals surface area contributed by atoms with Crippen LogP contribution in [0, 0.1) is 0 Å². The van der Waals surface area contributed by atoms with Crippen LogP contribution in [0.5, 0.6) is 5.75 Å². The van der Waals surface area contributed by atoms with Crippen molar-refractivity contribution in [1.82, 2.24) is 9.78 Å². The smallest absolute Gasteiger partial charge is 0.161 e. The Morgan fingerprint density at radius 3 is 2.68 bits per heavy atom. The van der Waals surface area contributed by atoms with Crippen LogP contribution in [0.1, 0.15) is 24.2 Å². The maximum atomic E-state index is 6.29. The first-order valence-electron chi connectivity index (χ1n) is 5.88. The van der Waals surface area contributed by atoms with E-state index in [9.17, 15) is 0 Å². The summed E-state index contributed by atoms with van der Waals surface area (Å²) in [5.74, 6) is 0.667. The van der Waals surface area contributed by atoms with Gasteiger partial charge in [0.05, 0.1) is 29.4 Å². The van der Waals surface area contributed by atoms with Gasteiger partial charge in [-0.3, -0.25) is 4.68 Å². The number of aromatic nitrogens is 2. The minimum absolute atomic E-state index is 0.368. The highest BCUT2D eigenvalue weighted by Crippen LogP contribution is 2.31. The molecule has 102 valence electrons. The van der Waals surface area contributed by atoms with Crippen molar-refractivity contribution < 1.29 is 4.74 Å². The zero-order valence-corrected chi connectivity index (χ0v) is 12.2. The number of halogens is 2. The fraction of sp³-hybridized carbons (Fsp3) is 0.308. The lowest BCUT2D eigenvalue weighted by atomic mass is 10.0. The normalized spacial score (nSPS) is 12.5. The second-order valence-electron chi connectivity index (χ2n) is 4.07. The van der Waals surface area contributed by atoms with Crippen LogP contribution in [0.3, 0.4) is 0 Å². The summed E-state index contributed by atoms with van der Waals surface area (Å²) >= 11 is 11.9. The highest BCUT2D eigenvalue weighted by molar-refractivity contribution is 6.42. The molecule has 1 aromatic carbocycles. The van der Waals surface area contributed by atoms with Gasteiger partial charge in [-0.25, -0.2) is 0 Å². The lowest BCUT2D eigenvalue weighted by Crippen LogP contribution is -2.18. The molecule has 6 heteroatoms. The summed E-state index contributed by atoms with van der Waals surface area (Å²) in [6, 6.07) is 4.98. The monoisotopic (exact) mass is 299 g/mol. The van der Waals surface area contributed by atoms with Crippen LogP contribution in [0.25, 0.3) is 0 Å². The Labute approximate surface area is 122 Å². The molecule has 1 heterocycles. The second-order valence-corrected chi connectivity index (χ2v) is 4.88. The third kappa shape index (κ3) is 2.71. The topological polar surface area (TPSA) is 53.1 Å². The van der Waals surface area contributed by atoms with Gasteiger partial charge in [0, 0.05) is 6.54 Å². The van der Waals surface area contributed by atoms with Crippen molar-refractivity contribution in [2.45, 2.75) is 19.5 Å². The predicted octanol–water partition coefficient (Wildman–Crippen LogP) is 3.27. The van der Waals surface area contributed by atoms with Gasteiger partial charge in [0.15, 0.2) is 5.75 Å². The van der Waals surface area contributed by atoms with Crippen LogP contribution in [0.4, 0.5) is 0 Å².